The predicted molar refractivity (Wildman–Crippen MR) is 156 cm³/mol. The summed E-state index contributed by atoms with van der Waals surface area (Å²) >= 11 is 0. The third-order valence-corrected chi connectivity index (χ3v) is 12.0. The number of aromatic carboxylic acids is 1. The lowest BCUT2D eigenvalue weighted by Gasteiger charge is -2.61. The molecule has 5 rings (SSSR count). The Hall–Kier alpha value is -1.51. The van der Waals surface area contributed by atoms with Gasteiger partial charge in [0.15, 0.2) is 0 Å². The Morgan fingerprint density at radius 3 is 2.32 bits per heavy atom. The lowest BCUT2D eigenvalue weighted by Crippen LogP contribution is -2.53. The SMILES string of the molecule is CC(C)CCCC(C)[C@H]1CC[C@H]2[C@@H]3CCC4CCCC[C@]4(C)[C@H]3CC[C@]12C.Nc1ccccc1C(=O)O. The Morgan fingerprint density at radius 1 is 0.919 bits per heavy atom. The van der Waals surface area contributed by atoms with Gasteiger partial charge in [-0.1, -0.05) is 78.9 Å². The first-order chi connectivity index (χ1) is 17.6. The van der Waals surface area contributed by atoms with Crippen molar-refractivity contribution in [1.29, 1.82) is 0 Å². The average Bonchev–Trinajstić information content (AvgIpc) is 3.21. The highest BCUT2D eigenvalue weighted by atomic mass is 16.4. The van der Waals surface area contributed by atoms with Crippen LogP contribution < -0.4 is 5.73 Å². The van der Waals surface area contributed by atoms with Crippen molar-refractivity contribution in [2.45, 2.75) is 118 Å². The van der Waals surface area contributed by atoms with Crippen LogP contribution in [-0.4, -0.2) is 11.1 Å². The van der Waals surface area contributed by atoms with E-state index < -0.39 is 5.97 Å². The number of para-hydroxylation sites is 1. The smallest absolute Gasteiger partial charge is 0.337 e. The number of nitrogens with two attached hydrogens (primary N) is 1. The fourth-order valence-electron chi connectivity index (χ4n) is 10.0. The maximum Gasteiger partial charge on any atom is 0.337 e. The zero-order valence-electron chi connectivity index (χ0n) is 24.5. The molecule has 2 unspecified atom stereocenters. The molecule has 0 aliphatic heterocycles. The monoisotopic (exact) mass is 509 g/mol. The molecule has 4 aliphatic carbocycles. The normalized spacial score (nSPS) is 37.5. The van der Waals surface area contributed by atoms with Gasteiger partial charge in [-0.15, -0.1) is 0 Å². The van der Waals surface area contributed by atoms with Crippen molar-refractivity contribution in [3.8, 4) is 0 Å². The van der Waals surface area contributed by atoms with Gasteiger partial charge in [0.05, 0.1) is 5.56 Å². The summed E-state index contributed by atoms with van der Waals surface area (Å²) in [6, 6.07) is 6.36. The molecule has 0 aromatic heterocycles. The summed E-state index contributed by atoms with van der Waals surface area (Å²) in [7, 11) is 0. The molecule has 8 atom stereocenters. The number of carboxylic acids is 1. The molecule has 4 saturated carbocycles. The van der Waals surface area contributed by atoms with E-state index in [-0.39, 0.29) is 5.56 Å². The molecule has 0 radical (unpaired) electrons. The second kappa shape index (κ2) is 11.7. The van der Waals surface area contributed by atoms with Gasteiger partial charge in [-0.3, -0.25) is 0 Å². The van der Waals surface area contributed by atoms with Crippen molar-refractivity contribution in [1.82, 2.24) is 0 Å². The fraction of sp³-hybridized carbons (Fsp3) is 0.794. The number of nitrogen functional groups attached to an aromatic ring is 1. The molecule has 0 heterocycles. The fourth-order valence-corrected chi connectivity index (χ4v) is 10.0. The highest BCUT2D eigenvalue weighted by Crippen LogP contribution is 2.68. The molecular weight excluding hydrogens is 454 g/mol. The van der Waals surface area contributed by atoms with Crippen LogP contribution in [0.1, 0.15) is 128 Å². The summed E-state index contributed by atoms with van der Waals surface area (Å²) in [6.07, 6.45) is 19.9. The van der Waals surface area contributed by atoms with Crippen molar-refractivity contribution in [2.24, 2.45) is 52.3 Å². The highest BCUT2D eigenvalue weighted by molar-refractivity contribution is 5.93. The number of rotatable bonds is 6. The Morgan fingerprint density at radius 2 is 1.65 bits per heavy atom. The van der Waals surface area contributed by atoms with Crippen molar-refractivity contribution >= 4 is 11.7 Å². The van der Waals surface area contributed by atoms with Crippen LogP contribution in [0.5, 0.6) is 0 Å². The van der Waals surface area contributed by atoms with Crippen LogP contribution in [0.25, 0.3) is 0 Å². The molecule has 0 bridgehead atoms. The van der Waals surface area contributed by atoms with E-state index in [9.17, 15) is 4.79 Å². The van der Waals surface area contributed by atoms with Gasteiger partial charge in [-0.2, -0.15) is 0 Å². The topological polar surface area (TPSA) is 63.3 Å². The van der Waals surface area contributed by atoms with Crippen LogP contribution in [0.2, 0.25) is 0 Å². The Labute approximate surface area is 227 Å². The number of hydrogen-bond donors (Lipinski definition) is 2. The van der Waals surface area contributed by atoms with Crippen LogP contribution in [0.15, 0.2) is 24.3 Å². The van der Waals surface area contributed by atoms with Gasteiger partial charge < -0.3 is 10.8 Å². The minimum absolute atomic E-state index is 0.155. The quantitative estimate of drug-likeness (QED) is 0.375. The summed E-state index contributed by atoms with van der Waals surface area (Å²) in [4.78, 5) is 10.3. The van der Waals surface area contributed by atoms with Gasteiger partial charge in [-0.25, -0.2) is 4.79 Å². The molecule has 4 aliphatic rings. The van der Waals surface area contributed by atoms with Crippen molar-refractivity contribution in [3.05, 3.63) is 29.8 Å². The standard InChI is InChI=1S/C27H48.C7H7NO2/c1-19(2)9-8-10-20(3)23-14-15-24-22-13-12-21-11-6-7-17-26(21,4)25(22)16-18-27(23,24)5;8-6-4-2-1-3-5(6)7(9)10/h19-25H,6-18H2,1-5H3;1-4H,8H2,(H,9,10)/t20?,21?,22-,23+,24-,25-,26-,27+;/m0./s1. The Kier molecular flexibility index (Phi) is 9.01. The van der Waals surface area contributed by atoms with Gasteiger partial charge in [0, 0.05) is 5.69 Å². The second-order valence-electron chi connectivity index (χ2n) is 14.3. The third-order valence-electron chi connectivity index (χ3n) is 12.0. The molecule has 37 heavy (non-hydrogen) atoms. The molecule has 0 amide bonds. The van der Waals surface area contributed by atoms with Crippen LogP contribution >= 0.6 is 0 Å². The van der Waals surface area contributed by atoms with E-state index in [1.807, 2.05) is 0 Å². The van der Waals surface area contributed by atoms with E-state index in [4.69, 9.17) is 10.8 Å². The zero-order chi connectivity index (χ0) is 26.8. The number of hydrogen-bond acceptors (Lipinski definition) is 2. The number of carbonyl (C=O) groups is 1. The van der Waals surface area contributed by atoms with Gasteiger partial charge in [-0.05, 0) is 116 Å². The third kappa shape index (κ3) is 5.76. The minimum Gasteiger partial charge on any atom is -0.478 e. The molecule has 208 valence electrons. The van der Waals surface area contributed by atoms with E-state index >= 15 is 0 Å². The first-order valence-electron chi connectivity index (χ1n) is 15.7. The largest absolute Gasteiger partial charge is 0.478 e. The molecule has 4 fully saturated rings. The van der Waals surface area contributed by atoms with E-state index in [0.29, 0.717) is 16.5 Å². The van der Waals surface area contributed by atoms with Gasteiger partial charge in [0.2, 0.25) is 0 Å². The number of carboxylic acid groups (broad SMARTS) is 1. The minimum atomic E-state index is -0.988. The number of benzene rings is 1. The first-order valence-corrected chi connectivity index (χ1v) is 15.7. The number of fused-ring (bicyclic) bond motifs is 5. The van der Waals surface area contributed by atoms with E-state index in [0.717, 1.165) is 41.4 Å². The number of anilines is 1. The maximum atomic E-state index is 10.3. The average molecular weight is 510 g/mol. The molecule has 1 aromatic rings. The summed E-state index contributed by atoms with van der Waals surface area (Å²) in [5.41, 5.74) is 7.19. The Bertz CT molecular complexity index is 911. The highest BCUT2D eigenvalue weighted by Gasteiger charge is 2.60. The van der Waals surface area contributed by atoms with Crippen molar-refractivity contribution < 1.29 is 9.90 Å². The lowest BCUT2D eigenvalue weighted by atomic mass is 9.44. The van der Waals surface area contributed by atoms with Crippen LogP contribution in [0.3, 0.4) is 0 Å². The van der Waals surface area contributed by atoms with Gasteiger partial charge >= 0.3 is 5.97 Å². The van der Waals surface area contributed by atoms with Gasteiger partial charge in [0.1, 0.15) is 0 Å². The zero-order valence-corrected chi connectivity index (χ0v) is 24.5. The van der Waals surface area contributed by atoms with E-state index in [1.54, 1.807) is 69.6 Å². The summed E-state index contributed by atoms with van der Waals surface area (Å²) in [5.74, 6) is 6.16. The molecular formula is C34H55NO2. The summed E-state index contributed by atoms with van der Waals surface area (Å²) in [5, 5.41) is 8.49. The molecule has 3 N–H and O–H groups in total. The van der Waals surface area contributed by atoms with Crippen molar-refractivity contribution in [2.75, 3.05) is 5.73 Å². The molecule has 1 aromatic carbocycles. The molecule has 0 spiro atoms. The van der Waals surface area contributed by atoms with Gasteiger partial charge in [0.25, 0.3) is 0 Å². The molecule has 3 heteroatoms. The summed E-state index contributed by atoms with van der Waals surface area (Å²) in [6.45, 7) is 12.9. The lowest BCUT2D eigenvalue weighted by molar-refractivity contribution is -0.114. The molecule has 0 saturated heterocycles. The maximum absolute atomic E-state index is 10.3. The van der Waals surface area contributed by atoms with Crippen LogP contribution in [0, 0.1) is 52.3 Å². The first kappa shape index (κ1) is 28.5. The Balaban J connectivity index is 0.000000270. The van der Waals surface area contributed by atoms with Crippen LogP contribution in [0.4, 0.5) is 5.69 Å². The second-order valence-corrected chi connectivity index (χ2v) is 14.3. The van der Waals surface area contributed by atoms with E-state index in [2.05, 4.69) is 34.6 Å². The van der Waals surface area contributed by atoms with Crippen LogP contribution in [-0.2, 0) is 0 Å². The summed E-state index contributed by atoms with van der Waals surface area (Å²) < 4.78 is 0. The molecule has 3 nitrogen and oxygen atoms in total. The predicted octanol–water partition coefficient (Wildman–Crippen LogP) is 9.46. The van der Waals surface area contributed by atoms with Crippen molar-refractivity contribution in [3.63, 3.8) is 0 Å². The van der Waals surface area contributed by atoms with E-state index in [1.165, 1.54) is 38.2 Å².